The largest absolute Gasteiger partial charge is 0.397 e. The van der Waals surface area contributed by atoms with Crippen LogP contribution in [0.15, 0.2) is 0 Å². The van der Waals surface area contributed by atoms with Crippen LogP contribution in [-0.4, -0.2) is 30.0 Å². The van der Waals surface area contributed by atoms with Gasteiger partial charge in [0.25, 0.3) is 0 Å². The Balaban J connectivity index is 0. The van der Waals surface area contributed by atoms with Crippen LogP contribution in [0.1, 0.15) is 19.8 Å². The topological polar surface area (TPSA) is 66.5 Å². The molecular formula is C6H17NO2. The molecule has 0 aliphatic carbocycles. The molecule has 0 bridgehead atoms. The minimum Gasteiger partial charge on any atom is -0.397 e. The molecule has 0 aliphatic heterocycles. The third-order valence-electron chi connectivity index (χ3n) is 0.612. The van der Waals surface area contributed by atoms with Gasteiger partial charge in [-0.25, -0.2) is 0 Å². The van der Waals surface area contributed by atoms with Crippen LogP contribution in [0.3, 0.4) is 0 Å². The van der Waals surface area contributed by atoms with E-state index in [2.05, 4.69) is 0 Å². The van der Waals surface area contributed by atoms with Gasteiger partial charge in [0.15, 0.2) is 0 Å². The van der Waals surface area contributed by atoms with Gasteiger partial charge in [0.05, 0.1) is 0 Å². The molecule has 0 spiro atoms. The van der Waals surface area contributed by atoms with Gasteiger partial charge in [0.2, 0.25) is 0 Å². The number of aliphatic hydroxyl groups is 2. The third-order valence-corrected chi connectivity index (χ3v) is 0.612. The lowest BCUT2D eigenvalue weighted by molar-refractivity contribution is 0.285. The lowest BCUT2D eigenvalue weighted by atomic mass is 10.3. The molecule has 0 rings (SSSR count). The molecule has 0 aromatic carbocycles. The standard InChI is InChI=1S/C4H11NO.C2H6O/c5-3-1-2-4-6;1-2-3/h6H,1-5H2;3H,2H2,1H3. The monoisotopic (exact) mass is 135 g/mol. The summed E-state index contributed by atoms with van der Waals surface area (Å²) in [7, 11) is 0. The summed E-state index contributed by atoms with van der Waals surface area (Å²) in [5.74, 6) is 0. The summed E-state index contributed by atoms with van der Waals surface area (Å²) in [6.07, 6.45) is 1.78. The van der Waals surface area contributed by atoms with Crippen LogP contribution in [-0.2, 0) is 0 Å². The second-order valence-corrected chi connectivity index (χ2v) is 1.54. The van der Waals surface area contributed by atoms with E-state index >= 15 is 0 Å². The first-order valence-electron chi connectivity index (χ1n) is 3.25. The summed E-state index contributed by atoms with van der Waals surface area (Å²) in [5, 5.41) is 15.7. The highest BCUT2D eigenvalue weighted by atomic mass is 16.3. The van der Waals surface area contributed by atoms with E-state index in [-0.39, 0.29) is 13.2 Å². The lowest BCUT2D eigenvalue weighted by Gasteiger charge is -1.86. The fourth-order valence-electron chi connectivity index (χ4n) is 0.256. The molecule has 0 aliphatic rings. The molecule has 0 fully saturated rings. The first-order valence-corrected chi connectivity index (χ1v) is 3.25. The lowest BCUT2D eigenvalue weighted by Crippen LogP contribution is -1.98. The third kappa shape index (κ3) is 32.8. The quantitative estimate of drug-likeness (QED) is 0.466. The molecule has 3 heteroatoms. The molecular weight excluding hydrogens is 118 g/mol. The molecule has 0 heterocycles. The fourth-order valence-corrected chi connectivity index (χ4v) is 0.256. The van der Waals surface area contributed by atoms with Crippen molar-refractivity contribution in [1.29, 1.82) is 0 Å². The van der Waals surface area contributed by atoms with Crippen LogP contribution < -0.4 is 5.73 Å². The molecule has 3 nitrogen and oxygen atoms in total. The molecule has 4 N–H and O–H groups in total. The van der Waals surface area contributed by atoms with Gasteiger partial charge in [0.1, 0.15) is 0 Å². The van der Waals surface area contributed by atoms with Gasteiger partial charge in [-0.05, 0) is 26.3 Å². The van der Waals surface area contributed by atoms with E-state index < -0.39 is 0 Å². The molecule has 58 valence electrons. The van der Waals surface area contributed by atoms with Gasteiger partial charge >= 0.3 is 0 Å². The van der Waals surface area contributed by atoms with E-state index in [9.17, 15) is 0 Å². The highest BCUT2D eigenvalue weighted by Gasteiger charge is 1.76. The highest BCUT2D eigenvalue weighted by Crippen LogP contribution is 1.79. The zero-order valence-electron chi connectivity index (χ0n) is 6.01. The second-order valence-electron chi connectivity index (χ2n) is 1.54. The maximum absolute atomic E-state index is 8.14. The van der Waals surface area contributed by atoms with Crippen LogP contribution in [0, 0.1) is 0 Å². The Morgan fingerprint density at radius 2 is 1.67 bits per heavy atom. The molecule has 0 atom stereocenters. The Morgan fingerprint density at radius 1 is 1.22 bits per heavy atom. The zero-order valence-corrected chi connectivity index (χ0v) is 6.01. The summed E-state index contributed by atoms with van der Waals surface area (Å²) in [5.41, 5.74) is 5.10. The Kier molecular flexibility index (Phi) is 20.3. The predicted octanol–water partition coefficient (Wildman–Crippen LogP) is -0.284. The summed E-state index contributed by atoms with van der Waals surface area (Å²) < 4.78 is 0. The Hall–Kier alpha value is -0.120. The Labute approximate surface area is 56.5 Å². The van der Waals surface area contributed by atoms with Crippen molar-refractivity contribution in [2.75, 3.05) is 19.8 Å². The smallest absolute Gasteiger partial charge is 0.0431 e. The van der Waals surface area contributed by atoms with Crippen LogP contribution in [0.25, 0.3) is 0 Å². The van der Waals surface area contributed by atoms with Gasteiger partial charge < -0.3 is 15.9 Å². The Bertz CT molecular complexity index is 30.2. The maximum Gasteiger partial charge on any atom is 0.0431 e. The molecule has 9 heavy (non-hydrogen) atoms. The van der Waals surface area contributed by atoms with Crippen molar-refractivity contribution < 1.29 is 10.2 Å². The average Bonchev–Trinajstić information content (AvgIpc) is 1.86. The van der Waals surface area contributed by atoms with Crippen molar-refractivity contribution in [3.63, 3.8) is 0 Å². The maximum atomic E-state index is 8.14. The summed E-state index contributed by atoms with van der Waals surface area (Å²) in [6.45, 7) is 2.90. The average molecular weight is 135 g/mol. The number of aliphatic hydroxyl groups excluding tert-OH is 2. The minimum atomic E-state index is 0.250. The fraction of sp³-hybridized carbons (Fsp3) is 1.00. The van der Waals surface area contributed by atoms with E-state index in [1.807, 2.05) is 0 Å². The normalized spacial score (nSPS) is 8.00. The minimum absolute atomic E-state index is 0.250. The first kappa shape index (κ1) is 11.6. The van der Waals surface area contributed by atoms with Crippen molar-refractivity contribution in [2.45, 2.75) is 19.8 Å². The van der Waals surface area contributed by atoms with Crippen molar-refractivity contribution in [3.8, 4) is 0 Å². The first-order chi connectivity index (χ1) is 4.33. The summed E-state index contributed by atoms with van der Waals surface area (Å²) in [4.78, 5) is 0. The SMILES string of the molecule is CCO.NCCCCO. The van der Waals surface area contributed by atoms with Crippen molar-refractivity contribution >= 4 is 0 Å². The number of hydrogen-bond acceptors (Lipinski definition) is 3. The zero-order chi connectivity index (χ0) is 7.54. The molecule has 0 radical (unpaired) electrons. The van der Waals surface area contributed by atoms with Gasteiger partial charge in [0, 0.05) is 13.2 Å². The molecule has 0 amide bonds. The van der Waals surface area contributed by atoms with Crippen molar-refractivity contribution in [2.24, 2.45) is 5.73 Å². The molecule has 0 aromatic rings. The van der Waals surface area contributed by atoms with E-state index in [1.54, 1.807) is 6.92 Å². The van der Waals surface area contributed by atoms with Crippen LogP contribution in [0.5, 0.6) is 0 Å². The van der Waals surface area contributed by atoms with E-state index in [1.165, 1.54) is 0 Å². The molecule has 0 unspecified atom stereocenters. The molecule has 0 aromatic heterocycles. The highest BCUT2D eigenvalue weighted by molar-refractivity contribution is 4.34. The molecule has 0 saturated carbocycles. The molecule has 0 saturated heterocycles. The van der Waals surface area contributed by atoms with E-state index in [0.717, 1.165) is 12.8 Å². The van der Waals surface area contributed by atoms with Crippen molar-refractivity contribution in [3.05, 3.63) is 0 Å². The summed E-state index contributed by atoms with van der Waals surface area (Å²) >= 11 is 0. The predicted molar refractivity (Wildman–Crippen MR) is 38.1 cm³/mol. The number of rotatable bonds is 3. The number of nitrogens with two attached hydrogens (primary N) is 1. The van der Waals surface area contributed by atoms with E-state index in [0.29, 0.717) is 6.54 Å². The van der Waals surface area contributed by atoms with Gasteiger partial charge in [-0.15, -0.1) is 0 Å². The second kappa shape index (κ2) is 15.7. The van der Waals surface area contributed by atoms with Gasteiger partial charge in [-0.2, -0.15) is 0 Å². The number of unbranched alkanes of at least 4 members (excludes halogenated alkanes) is 1. The van der Waals surface area contributed by atoms with E-state index in [4.69, 9.17) is 15.9 Å². The van der Waals surface area contributed by atoms with Gasteiger partial charge in [-0.3, -0.25) is 0 Å². The van der Waals surface area contributed by atoms with Crippen LogP contribution in [0.4, 0.5) is 0 Å². The van der Waals surface area contributed by atoms with Crippen LogP contribution in [0.2, 0.25) is 0 Å². The Morgan fingerprint density at radius 3 is 1.78 bits per heavy atom. The summed E-state index contributed by atoms with van der Waals surface area (Å²) in [6, 6.07) is 0. The van der Waals surface area contributed by atoms with Gasteiger partial charge in [-0.1, -0.05) is 0 Å². The van der Waals surface area contributed by atoms with Crippen molar-refractivity contribution in [1.82, 2.24) is 0 Å². The number of hydrogen-bond donors (Lipinski definition) is 3. The van der Waals surface area contributed by atoms with Crippen LogP contribution >= 0.6 is 0 Å².